The quantitative estimate of drug-likeness (QED) is 0.793. The van der Waals surface area contributed by atoms with Crippen LogP contribution in [0, 0.1) is 0 Å². The molecule has 6 nitrogen and oxygen atoms in total. The molecule has 0 aliphatic carbocycles. The van der Waals surface area contributed by atoms with Crippen molar-refractivity contribution in [3.63, 3.8) is 0 Å². The maximum absolute atomic E-state index is 13.2. The van der Waals surface area contributed by atoms with E-state index in [1.54, 1.807) is 12.1 Å². The number of aromatic nitrogens is 2. The van der Waals surface area contributed by atoms with Crippen LogP contribution in [0.25, 0.3) is 10.9 Å². The van der Waals surface area contributed by atoms with Gasteiger partial charge < -0.3 is 4.90 Å². The van der Waals surface area contributed by atoms with Gasteiger partial charge in [-0.25, -0.2) is 27.2 Å². The normalized spacial score (nSPS) is 21.8. The number of nitrogens with zero attached hydrogens (tertiary/aromatic N) is 4. The molecule has 2 saturated heterocycles. The Labute approximate surface area is 157 Å². The van der Waals surface area contributed by atoms with Crippen LogP contribution < -0.4 is 4.90 Å². The average molecular weight is 396 g/mol. The Morgan fingerprint density at radius 2 is 1.67 bits per heavy atom. The number of anilines is 1. The van der Waals surface area contributed by atoms with Crippen LogP contribution >= 0.6 is 0 Å². The van der Waals surface area contributed by atoms with E-state index in [2.05, 4.69) is 14.9 Å². The van der Waals surface area contributed by atoms with Gasteiger partial charge in [0, 0.05) is 37.6 Å². The number of benzene rings is 1. The molecule has 0 bridgehead atoms. The molecule has 146 valence electrons. The van der Waals surface area contributed by atoms with Crippen molar-refractivity contribution in [1.29, 1.82) is 0 Å². The first-order chi connectivity index (χ1) is 12.9. The summed E-state index contributed by atoms with van der Waals surface area (Å²) >= 11 is 0. The predicted molar refractivity (Wildman–Crippen MR) is 100.0 cm³/mol. The minimum atomic E-state index is -2.89. The van der Waals surface area contributed by atoms with Gasteiger partial charge in [0.05, 0.1) is 17.0 Å². The lowest BCUT2D eigenvalue weighted by atomic mass is 10.0. The van der Waals surface area contributed by atoms with E-state index in [1.807, 2.05) is 17.0 Å². The van der Waals surface area contributed by atoms with Crippen molar-refractivity contribution in [2.45, 2.75) is 25.3 Å². The monoisotopic (exact) mass is 396 g/mol. The van der Waals surface area contributed by atoms with Crippen molar-refractivity contribution < 1.29 is 17.2 Å². The van der Waals surface area contributed by atoms with Gasteiger partial charge in [-0.2, -0.15) is 0 Å². The topological polar surface area (TPSA) is 66.4 Å². The molecule has 0 atom stereocenters. The molecule has 1 aromatic carbocycles. The number of hydrogen-bond acceptors (Lipinski definition) is 6. The Kier molecular flexibility index (Phi) is 4.98. The van der Waals surface area contributed by atoms with Gasteiger partial charge in [-0.15, -0.1) is 0 Å². The second-order valence-corrected chi connectivity index (χ2v) is 9.43. The molecule has 2 aromatic rings. The number of fused-ring (bicyclic) bond motifs is 1. The lowest BCUT2D eigenvalue weighted by Crippen LogP contribution is -2.50. The summed E-state index contributed by atoms with van der Waals surface area (Å²) in [4.78, 5) is 12.4. The van der Waals surface area contributed by atoms with E-state index in [1.165, 1.54) is 0 Å². The molecular weight excluding hydrogens is 374 g/mol. The highest BCUT2D eigenvalue weighted by atomic mass is 32.2. The number of piperidine rings is 1. The van der Waals surface area contributed by atoms with Crippen molar-refractivity contribution in [3.05, 3.63) is 30.1 Å². The summed E-state index contributed by atoms with van der Waals surface area (Å²) in [5.74, 6) is 0.575. The van der Waals surface area contributed by atoms with Crippen molar-refractivity contribution in [3.8, 4) is 0 Å². The van der Waals surface area contributed by atoms with Crippen molar-refractivity contribution >= 4 is 26.6 Å². The molecule has 3 heterocycles. The Bertz CT molecular complexity index is 916. The Balaban J connectivity index is 1.51. The van der Waals surface area contributed by atoms with Gasteiger partial charge >= 0.3 is 0 Å². The Morgan fingerprint density at radius 3 is 2.33 bits per heavy atom. The molecule has 4 rings (SSSR count). The second-order valence-electron chi connectivity index (χ2n) is 7.13. The first-order valence-corrected chi connectivity index (χ1v) is 11.0. The molecule has 1 aromatic heterocycles. The fourth-order valence-electron chi connectivity index (χ4n) is 3.95. The number of sulfone groups is 1. The number of para-hydroxylation sites is 1. The third kappa shape index (κ3) is 3.89. The minimum absolute atomic E-state index is 0.224. The van der Waals surface area contributed by atoms with Gasteiger partial charge in [0.15, 0.2) is 15.7 Å². The van der Waals surface area contributed by atoms with E-state index in [0.717, 1.165) is 18.2 Å². The number of rotatable bonds is 3. The summed E-state index contributed by atoms with van der Waals surface area (Å²) < 4.78 is 49.7. The lowest BCUT2D eigenvalue weighted by molar-refractivity contribution is 0.140. The van der Waals surface area contributed by atoms with E-state index in [9.17, 15) is 17.2 Å². The minimum Gasteiger partial charge on any atom is -0.356 e. The summed E-state index contributed by atoms with van der Waals surface area (Å²) in [6, 6.07) is 7.57. The SMILES string of the molecule is O=S1(=O)CCN(C2CCN(c3nc(C(F)F)nc4ccccc34)CC2)CC1. The second kappa shape index (κ2) is 7.27. The molecule has 2 aliphatic rings. The first kappa shape index (κ1) is 18.5. The Hall–Kier alpha value is -1.87. The fourth-order valence-corrected chi connectivity index (χ4v) is 5.18. The van der Waals surface area contributed by atoms with Gasteiger partial charge in [0.2, 0.25) is 0 Å². The zero-order chi connectivity index (χ0) is 19.0. The third-order valence-electron chi connectivity index (χ3n) is 5.46. The van der Waals surface area contributed by atoms with E-state index < -0.39 is 22.1 Å². The molecule has 0 unspecified atom stereocenters. The van der Waals surface area contributed by atoms with Gasteiger partial charge in [-0.1, -0.05) is 12.1 Å². The van der Waals surface area contributed by atoms with Gasteiger partial charge in [0.25, 0.3) is 6.43 Å². The molecule has 0 radical (unpaired) electrons. The average Bonchev–Trinajstić information content (AvgIpc) is 2.67. The summed E-state index contributed by atoms with van der Waals surface area (Å²) in [6.07, 6.45) is -0.980. The molecule has 0 N–H and O–H groups in total. The zero-order valence-electron chi connectivity index (χ0n) is 14.9. The van der Waals surface area contributed by atoms with Crippen LogP contribution in [0.5, 0.6) is 0 Å². The molecule has 0 saturated carbocycles. The largest absolute Gasteiger partial charge is 0.356 e. The Morgan fingerprint density at radius 1 is 1.00 bits per heavy atom. The van der Waals surface area contributed by atoms with Crippen LogP contribution in [0.15, 0.2) is 24.3 Å². The maximum atomic E-state index is 13.2. The standard InChI is InChI=1S/C18H22F2N4O2S/c19-16(20)17-21-15-4-2-1-3-14(15)18(22-17)24-7-5-13(6-8-24)23-9-11-27(25,26)12-10-23/h1-4,13,16H,5-12H2. The van der Waals surface area contributed by atoms with Crippen molar-refractivity contribution in [2.75, 3.05) is 42.6 Å². The summed E-state index contributed by atoms with van der Waals surface area (Å²) in [5.41, 5.74) is 0.529. The van der Waals surface area contributed by atoms with Crippen LogP contribution in [-0.4, -0.2) is 67.0 Å². The smallest absolute Gasteiger partial charge is 0.297 e. The zero-order valence-corrected chi connectivity index (χ0v) is 15.7. The summed E-state index contributed by atoms with van der Waals surface area (Å²) in [7, 11) is -2.89. The van der Waals surface area contributed by atoms with Crippen molar-refractivity contribution in [1.82, 2.24) is 14.9 Å². The van der Waals surface area contributed by atoms with Crippen LogP contribution in [0.1, 0.15) is 25.1 Å². The maximum Gasteiger partial charge on any atom is 0.297 e. The highest BCUT2D eigenvalue weighted by Crippen LogP contribution is 2.30. The van der Waals surface area contributed by atoms with E-state index in [0.29, 0.717) is 43.6 Å². The van der Waals surface area contributed by atoms with E-state index in [-0.39, 0.29) is 11.5 Å². The number of hydrogen-bond donors (Lipinski definition) is 0. The van der Waals surface area contributed by atoms with Crippen molar-refractivity contribution in [2.24, 2.45) is 0 Å². The molecule has 2 aliphatic heterocycles. The molecule has 0 amide bonds. The van der Waals surface area contributed by atoms with Gasteiger partial charge in [0.1, 0.15) is 5.82 Å². The number of halogens is 2. The summed E-state index contributed by atoms with van der Waals surface area (Å²) in [5, 5.41) is 0.782. The lowest BCUT2D eigenvalue weighted by Gasteiger charge is -2.40. The molecule has 27 heavy (non-hydrogen) atoms. The highest BCUT2D eigenvalue weighted by molar-refractivity contribution is 7.91. The van der Waals surface area contributed by atoms with Crippen LogP contribution in [-0.2, 0) is 9.84 Å². The van der Waals surface area contributed by atoms with Crippen LogP contribution in [0.3, 0.4) is 0 Å². The molecular formula is C18H22F2N4O2S. The highest BCUT2D eigenvalue weighted by Gasteiger charge is 2.30. The molecule has 2 fully saturated rings. The number of alkyl halides is 2. The van der Waals surface area contributed by atoms with E-state index >= 15 is 0 Å². The van der Waals surface area contributed by atoms with Gasteiger partial charge in [-0.3, -0.25) is 4.90 Å². The van der Waals surface area contributed by atoms with Crippen LogP contribution in [0.2, 0.25) is 0 Å². The molecule has 9 heteroatoms. The summed E-state index contributed by atoms with van der Waals surface area (Å²) in [6.45, 7) is 2.58. The third-order valence-corrected chi connectivity index (χ3v) is 7.06. The first-order valence-electron chi connectivity index (χ1n) is 9.17. The van der Waals surface area contributed by atoms with Gasteiger partial charge in [-0.05, 0) is 25.0 Å². The van der Waals surface area contributed by atoms with Crippen LogP contribution in [0.4, 0.5) is 14.6 Å². The predicted octanol–water partition coefficient (Wildman–Crippen LogP) is 2.27. The molecule has 0 spiro atoms. The fraction of sp³-hybridized carbons (Fsp3) is 0.556. The van der Waals surface area contributed by atoms with E-state index in [4.69, 9.17) is 0 Å².